The molecule has 0 aromatic heterocycles. The van der Waals surface area contributed by atoms with Crippen LogP contribution in [0.4, 0.5) is 0 Å². The van der Waals surface area contributed by atoms with Crippen LogP contribution in [0.5, 0.6) is 0 Å². The van der Waals surface area contributed by atoms with Crippen molar-refractivity contribution in [2.24, 2.45) is 0 Å². The maximum absolute atomic E-state index is 11.5. The van der Waals surface area contributed by atoms with Crippen molar-refractivity contribution in [3.63, 3.8) is 0 Å². The monoisotopic (exact) mass is 307 g/mol. The first kappa shape index (κ1) is 17.4. The first-order valence-electron chi connectivity index (χ1n) is 6.62. The number of hydrogen-bond acceptors (Lipinski definition) is 5. The highest BCUT2D eigenvalue weighted by molar-refractivity contribution is 6.13. The Labute approximate surface area is 127 Å². The number of ether oxygens (including phenoxy) is 1. The van der Waals surface area contributed by atoms with Crippen molar-refractivity contribution in [1.82, 2.24) is 15.5 Å². The lowest BCUT2D eigenvalue weighted by Crippen LogP contribution is -2.35. The number of terminal acetylenes is 1. The van der Waals surface area contributed by atoms with Gasteiger partial charge in [-0.2, -0.15) is 0 Å². The number of nitrogens with zero attached hydrogens (tertiary/aromatic N) is 1. The van der Waals surface area contributed by atoms with Gasteiger partial charge in [-0.15, -0.1) is 6.42 Å². The average molecular weight is 307 g/mol. The van der Waals surface area contributed by atoms with Crippen LogP contribution < -0.4 is 10.6 Å². The van der Waals surface area contributed by atoms with Crippen LogP contribution in [0.25, 0.3) is 0 Å². The van der Waals surface area contributed by atoms with Gasteiger partial charge in [-0.1, -0.05) is 5.92 Å². The Morgan fingerprint density at radius 2 is 1.86 bits per heavy atom. The van der Waals surface area contributed by atoms with Gasteiger partial charge in [0.05, 0.1) is 13.2 Å². The molecular weight excluding hydrogens is 290 g/mol. The van der Waals surface area contributed by atoms with Gasteiger partial charge in [0.1, 0.15) is 6.61 Å². The quantitative estimate of drug-likeness (QED) is 0.297. The lowest BCUT2D eigenvalue weighted by Gasteiger charge is -2.13. The van der Waals surface area contributed by atoms with Gasteiger partial charge < -0.3 is 15.4 Å². The topological polar surface area (TPSA) is 105 Å². The molecule has 0 aromatic carbocycles. The molecule has 118 valence electrons. The van der Waals surface area contributed by atoms with Crippen molar-refractivity contribution in [3.05, 3.63) is 12.2 Å². The van der Waals surface area contributed by atoms with Crippen LogP contribution in [-0.4, -0.2) is 61.4 Å². The fourth-order valence-corrected chi connectivity index (χ4v) is 1.58. The summed E-state index contributed by atoms with van der Waals surface area (Å²) in [5, 5.41) is 4.98. The standard InChI is InChI=1S/C14H17N3O5/c1-2-6-15-12(19)10-22-9-7-16-11(18)5-8-17-13(20)3-4-14(17)21/h1,3-4H,5-10H2,(H,15,19)(H,16,18). The van der Waals surface area contributed by atoms with Crippen molar-refractivity contribution in [2.45, 2.75) is 6.42 Å². The highest BCUT2D eigenvalue weighted by Gasteiger charge is 2.23. The summed E-state index contributed by atoms with van der Waals surface area (Å²) < 4.78 is 5.03. The van der Waals surface area contributed by atoms with E-state index in [-0.39, 0.29) is 51.1 Å². The largest absolute Gasteiger partial charge is 0.370 e. The Hall–Kier alpha value is -2.66. The number of hydrogen-bond donors (Lipinski definition) is 2. The zero-order chi connectivity index (χ0) is 16.4. The zero-order valence-electron chi connectivity index (χ0n) is 12.0. The number of amides is 4. The fourth-order valence-electron chi connectivity index (χ4n) is 1.58. The Balaban J connectivity index is 2.04. The molecular formula is C14H17N3O5. The molecule has 0 unspecified atom stereocenters. The predicted octanol–water partition coefficient (Wildman–Crippen LogP) is -1.82. The molecule has 1 heterocycles. The first-order valence-corrected chi connectivity index (χ1v) is 6.62. The van der Waals surface area contributed by atoms with E-state index in [4.69, 9.17) is 11.2 Å². The third-order valence-corrected chi connectivity index (χ3v) is 2.65. The second kappa shape index (κ2) is 9.31. The van der Waals surface area contributed by atoms with E-state index in [1.807, 2.05) is 0 Å². The van der Waals surface area contributed by atoms with E-state index in [0.29, 0.717) is 0 Å². The molecule has 8 heteroatoms. The average Bonchev–Trinajstić information content (AvgIpc) is 2.81. The third-order valence-electron chi connectivity index (χ3n) is 2.65. The fraction of sp³-hybridized carbons (Fsp3) is 0.429. The van der Waals surface area contributed by atoms with Gasteiger partial charge in [-0.3, -0.25) is 24.1 Å². The maximum Gasteiger partial charge on any atom is 0.253 e. The minimum absolute atomic E-state index is 0.0157. The molecule has 0 atom stereocenters. The van der Waals surface area contributed by atoms with E-state index in [1.165, 1.54) is 12.2 Å². The van der Waals surface area contributed by atoms with E-state index in [9.17, 15) is 19.2 Å². The zero-order valence-corrected chi connectivity index (χ0v) is 12.0. The minimum atomic E-state index is -0.417. The van der Waals surface area contributed by atoms with Crippen molar-refractivity contribution >= 4 is 23.6 Å². The van der Waals surface area contributed by atoms with Crippen molar-refractivity contribution < 1.29 is 23.9 Å². The van der Waals surface area contributed by atoms with E-state index in [0.717, 1.165) is 4.90 Å². The summed E-state index contributed by atoms with van der Waals surface area (Å²) in [5.74, 6) is 0.780. The highest BCUT2D eigenvalue weighted by atomic mass is 16.5. The molecule has 0 spiro atoms. The van der Waals surface area contributed by atoms with Crippen LogP contribution in [0.2, 0.25) is 0 Å². The summed E-state index contributed by atoms with van der Waals surface area (Å²) in [6, 6.07) is 0. The Bertz CT molecular complexity index is 503. The molecule has 1 rings (SSSR count). The first-order chi connectivity index (χ1) is 10.5. The van der Waals surface area contributed by atoms with Crippen molar-refractivity contribution in [1.29, 1.82) is 0 Å². The van der Waals surface area contributed by atoms with Gasteiger partial charge in [-0.05, 0) is 0 Å². The molecule has 4 amide bonds. The van der Waals surface area contributed by atoms with Crippen LogP contribution in [0, 0.1) is 12.3 Å². The van der Waals surface area contributed by atoms with Crippen LogP contribution in [0.1, 0.15) is 6.42 Å². The Kier molecular flexibility index (Phi) is 7.36. The smallest absolute Gasteiger partial charge is 0.253 e. The molecule has 1 aliphatic rings. The van der Waals surface area contributed by atoms with E-state index >= 15 is 0 Å². The molecule has 0 radical (unpaired) electrons. The van der Waals surface area contributed by atoms with Crippen molar-refractivity contribution in [3.8, 4) is 12.3 Å². The number of carbonyl (C=O) groups is 4. The normalized spacial score (nSPS) is 13.1. The van der Waals surface area contributed by atoms with Gasteiger partial charge in [-0.25, -0.2) is 0 Å². The highest BCUT2D eigenvalue weighted by Crippen LogP contribution is 2.03. The minimum Gasteiger partial charge on any atom is -0.370 e. The van der Waals surface area contributed by atoms with Gasteiger partial charge in [0, 0.05) is 31.7 Å². The van der Waals surface area contributed by atoms with Gasteiger partial charge >= 0.3 is 0 Å². The number of rotatable bonds is 9. The molecule has 0 saturated heterocycles. The SMILES string of the molecule is C#CCNC(=O)COCCNC(=O)CCN1C(=O)C=CC1=O. The second-order valence-corrected chi connectivity index (χ2v) is 4.29. The lowest BCUT2D eigenvalue weighted by atomic mass is 10.3. The molecule has 1 aliphatic heterocycles. The molecule has 22 heavy (non-hydrogen) atoms. The summed E-state index contributed by atoms with van der Waals surface area (Å²) in [7, 11) is 0. The molecule has 8 nitrogen and oxygen atoms in total. The van der Waals surface area contributed by atoms with Crippen molar-refractivity contribution in [2.75, 3.05) is 32.8 Å². The summed E-state index contributed by atoms with van der Waals surface area (Å²) >= 11 is 0. The Morgan fingerprint density at radius 1 is 1.18 bits per heavy atom. The number of carbonyl (C=O) groups excluding carboxylic acids is 4. The summed E-state index contributed by atoms with van der Waals surface area (Å²) in [6.45, 7) is 0.424. The van der Waals surface area contributed by atoms with Crippen LogP contribution in [0.15, 0.2) is 12.2 Å². The lowest BCUT2D eigenvalue weighted by molar-refractivity contribution is -0.137. The molecule has 0 saturated carbocycles. The summed E-state index contributed by atoms with van der Waals surface area (Å²) in [4.78, 5) is 46.1. The molecule has 0 aliphatic carbocycles. The summed E-state index contributed by atoms with van der Waals surface area (Å²) in [6.07, 6.45) is 7.32. The second-order valence-electron chi connectivity index (χ2n) is 4.29. The van der Waals surface area contributed by atoms with E-state index in [1.54, 1.807) is 0 Å². The van der Waals surface area contributed by atoms with E-state index < -0.39 is 11.8 Å². The molecule has 0 fully saturated rings. The van der Waals surface area contributed by atoms with Gasteiger partial charge in [0.25, 0.3) is 11.8 Å². The molecule has 2 N–H and O–H groups in total. The Morgan fingerprint density at radius 3 is 2.50 bits per heavy atom. The molecule has 0 aromatic rings. The molecule has 0 bridgehead atoms. The number of imide groups is 1. The predicted molar refractivity (Wildman–Crippen MR) is 76.1 cm³/mol. The summed E-state index contributed by atoms with van der Waals surface area (Å²) in [5.41, 5.74) is 0. The van der Waals surface area contributed by atoms with E-state index in [2.05, 4.69) is 16.6 Å². The van der Waals surface area contributed by atoms with Gasteiger partial charge in [0.15, 0.2) is 0 Å². The maximum atomic E-state index is 11.5. The van der Waals surface area contributed by atoms with Crippen LogP contribution in [0.3, 0.4) is 0 Å². The third kappa shape index (κ3) is 6.19. The van der Waals surface area contributed by atoms with Gasteiger partial charge in [0.2, 0.25) is 11.8 Å². The van der Waals surface area contributed by atoms with Crippen LogP contribution >= 0.6 is 0 Å². The van der Waals surface area contributed by atoms with Crippen LogP contribution in [-0.2, 0) is 23.9 Å². The number of nitrogens with one attached hydrogen (secondary N) is 2.